The zero-order valence-electron chi connectivity index (χ0n) is 34.2. The first kappa shape index (κ1) is 45.4. The first-order chi connectivity index (χ1) is 23.9. The highest BCUT2D eigenvalue weighted by atomic mass is 16.7. The highest BCUT2D eigenvalue weighted by Gasteiger charge is 2.52. The van der Waals surface area contributed by atoms with Crippen molar-refractivity contribution in [3.63, 3.8) is 0 Å². The van der Waals surface area contributed by atoms with Gasteiger partial charge in [-0.3, -0.25) is 4.79 Å². The minimum absolute atomic E-state index is 0.133. The Morgan fingerprint density at radius 3 is 2.12 bits per heavy atom. The van der Waals surface area contributed by atoms with Gasteiger partial charge in [-0.05, 0) is 94.8 Å². The fourth-order valence-electron chi connectivity index (χ4n) is 8.74. The Morgan fingerprint density at radius 2 is 1.56 bits per heavy atom. The van der Waals surface area contributed by atoms with Crippen LogP contribution in [0.4, 0.5) is 0 Å². The zero-order chi connectivity index (χ0) is 39.7. The molecule has 0 aromatic heterocycles. The zero-order valence-corrected chi connectivity index (χ0v) is 34.2. The highest BCUT2D eigenvalue weighted by Crippen LogP contribution is 2.40. The van der Waals surface area contributed by atoms with E-state index in [1.165, 1.54) is 14.0 Å². The van der Waals surface area contributed by atoms with Crippen LogP contribution in [0.2, 0.25) is 0 Å². The largest absolute Gasteiger partial charge is 0.459 e. The van der Waals surface area contributed by atoms with E-state index in [4.69, 9.17) is 28.4 Å². The fraction of sp³-hybridized carbons (Fsp3) is 0.974. The maximum absolute atomic E-state index is 14.2. The number of nitrogens with zero attached hydrogens (tertiary/aromatic N) is 2. The van der Waals surface area contributed by atoms with E-state index in [9.17, 15) is 30.3 Å². The molecule has 14 heteroatoms. The number of methoxy groups -OCH3 is 1. The van der Waals surface area contributed by atoms with Crippen LogP contribution in [0.1, 0.15) is 94.9 Å². The normalized spacial score (nSPS) is 49.6. The van der Waals surface area contributed by atoms with Gasteiger partial charge in [0.25, 0.3) is 0 Å². The minimum Gasteiger partial charge on any atom is -0.459 e. The Labute approximate surface area is 312 Å². The van der Waals surface area contributed by atoms with Gasteiger partial charge in [0.05, 0.1) is 41.5 Å². The molecule has 0 radical (unpaired) electrons. The molecule has 306 valence electrons. The second-order valence-corrected chi connectivity index (χ2v) is 17.2. The topological polar surface area (TPSA) is 180 Å². The number of esters is 1. The fourth-order valence-corrected chi connectivity index (χ4v) is 8.74. The standard InChI is InChI=1S/C38H72N2O12/c1-15-27-38(10,46)31(42)24(6)40(13)19-20(2)17-36(8,45)33(52-35-29(41)26(39(11)12)16-21(3)48-35)22(4)30(23(5)34(44)50-27)51-28-18-37(9,47-14)32(43)25(7)49-28/h20-33,35,41-43,45-46H,15-19H2,1-14H3/t20-,21-,22+,23-,24-,25+,26+,27-,28-,29+,30+,31-,32-,33+,35+,36-,37+,38-/m1/s1. The molecule has 0 aromatic rings. The summed E-state index contributed by atoms with van der Waals surface area (Å²) in [6.45, 7) is 18.0. The highest BCUT2D eigenvalue weighted by molar-refractivity contribution is 5.73. The van der Waals surface area contributed by atoms with E-state index in [0.717, 1.165) is 0 Å². The Hall–Kier alpha value is -1.01. The third kappa shape index (κ3) is 10.0. The monoisotopic (exact) mass is 749 g/mol. The first-order valence-corrected chi connectivity index (χ1v) is 19.1. The van der Waals surface area contributed by atoms with Gasteiger partial charge in [0, 0.05) is 38.1 Å². The third-order valence-electron chi connectivity index (χ3n) is 12.2. The van der Waals surface area contributed by atoms with Crippen molar-refractivity contribution in [1.29, 1.82) is 0 Å². The van der Waals surface area contributed by atoms with Crippen LogP contribution in [0.15, 0.2) is 0 Å². The van der Waals surface area contributed by atoms with Crippen LogP contribution >= 0.6 is 0 Å². The Balaban J connectivity index is 2.17. The van der Waals surface area contributed by atoms with Crippen LogP contribution in [0.3, 0.4) is 0 Å². The van der Waals surface area contributed by atoms with Gasteiger partial charge in [-0.25, -0.2) is 0 Å². The Bertz CT molecular complexity index is 1140. The molecule has 0 amide bonds. The molecule has 3 aliphatic heterocycles. The predicted molar refractivity (Wildman–Crippen MR) is 194 cm³/mol. The molecule has 0 unspecified atom stereocenters. The lowest BCUT2D eigenvalue weighted by atomic mass is 9.77. The molecule has 0 aliphatic carbocycles. The molecule has 3 rings (SSSR count). The predicted octanol–water partition coefficient (Wildman–Crippen LogP) is 1.90. The van der Waals surface area contributed by atoms with E-state index in [-0.39, 0.29) is 37.3 Å². The summed E-state index contributed by atoms with van der Waals surface area (Å²) in [5.74, 6) is -2.58. The molecule has 0 spiro atoms. The van der Waals surface area contributed by atoms with Crippen molar-refractivity contribution < 1.29 is 58.7 Å². The van der Waals surface area contributed by atoms with E-state index < -0.39 is 96.0 Å². The van der Waals surface area contributed by atoms with Gasteiger partial charge in [-0.2, -0.15) is 0 Å². The summed E-state index contributed by atoms with van der Waals surface area (Å²) in [5.41, 5.74) is -4.37. The van der Waals surface area contributed by atoms with E-state index in [1.54, 1.807) is 41.5 Å². The number of hydrogen-bond donors (Lipinski definition) is 5. The first-order valence-electron chi connectivity index (χ1n) is 19.1. The number of carbonyl (C=O) groups is 1. The van der Waals surface area contributed by atoms with Crippen molar-refractivity contribution in [2.75, 3.05) is 34.8 Å². The van der Waals surface area contributed by atoms with Gasteiger partial charge in [0.15, 0.2) is 12.6 Å². The average Bonchev–Trinajstić information content (AvgIpc) is 3.05. The van der Waals surface area contributed by atoms with Crippen molar-refractivity contribution in [1.82, 2.24) is 9.80 Å². The quantitative estimate of drug-likeness (QED) is 0.238. The number of aliphatic hydroxyl groups is 5. The number of likely N-dealkylation sites (N-methyl/N-ethyl adjacent to an activating group) is 2. The summed E-state index contributed by atoms with van der Waals surface area (Å²) in [6.07, 6.45) is -8.19. The average molecular weight is 749 g/mol. The molecule has 5 N–H and O–H groups in total. The van der Waals surface area contributed by atoms with E-state index in [2.05, 4.69) is 0 Å². The van der Waals surface area contributed by atoms with Crippen LogP contribution < -0.4 is 0 Å². The molecular formula is C38H72N2O12. The molecule has 3 aliphatic rings. The second-order valence-electron chi connectivity index (χ2n) is 17.2. The molecule has 52 heavy (non-hydrogen) atoms. The Kier molecular flexibility index (Phi) is 15.6. The van der Waals surface area contributed by atoms with Crippen LogP contribution in [-0.2, 0) is 33.2 Å². The van der Waals surface area contributed by atoms with Crippen LogP contribution in [0.5, 0.6) is 0 Å². The smallest absolute Gasteiger partial charge is 0.311 e. The number of ether oxygens (including phenoxy) is 6. The summed E-state index contributed by atoms with van der Waals surface area (Å²) in [4.78, 5) is 18.0. The lowest BCUT2D eigenvalue weighted by Gasteiger charge is -2.48. The number of carbonyl (C=O) groups excluding carboxylic acids is 1. The van der Waals surface area contributed by atoms with E-state index in [0.29, 0.717) is 13.0 Å². The van der Waals surface area contributed by atoms with Gasteiger partial charge in [0.2, 0.25) is 0 Å². The van der Waals surface area contributed by atoms with Crippen LogP contribution in [0.25, 0.3) is 0 Å². The lowest BCUT2D eigenvalue weighted by molar-refractivity contribution is -0.318. The van der Waals surface area contributed by atoms with Gasteiger partial charge in [-0.15, -0.1) is 0 Å². The van der Waals surface area contributed by atoms with Crippen molar-refractivity contribution in [2.24, 2.45) is 17.8 Å². The van der Waals surface area contributed by atoms with Gasteiger partial charge < -0.3 is 63.8 Å². The third-order valence-corrected chi connectivity index (χ3v) is 12.2. The number of cyclic esters (lactones) is 1. The maximum atomic E-state index is 14.2. The molecule has 3 heterocycles. The molecule has 3 fully saturated rings. The van der Waals surface area contributed by atoms with Gasteiger partial charge in [-0.1, -0.05) is 20.8 Å². The van der Waals surface area contributed by atoms with Crippen LogP contribution in [-0.4, -0.2) is 166 Å². The number of rotatable bonds is 7. The minimum atomic E-state index is -1.80. The van der Waals surface area contributed by atoms with Crippen LogP contribution in [0, 0.1) is 17.8 Å². The molecule has 0 aromatic carbocycles. The maximum Gasteiger partial charge on any atom is 0.311 e. The van der Waals surface area contributed by atoms with Crippen molar-refractivity contribution in [3.05, 3.63) is 0 Å². The van der Waals surface area contributed by atoms with Crippen molar-refractivity contribution in [3.8, 4) is 0 Å². The summed E-state index contributed by atoms with van der Waals surface area (Å²) < 4.78 is 37.5. The van der Waals surface area contributed by atoms with Crippen molar-refractivity contribution in [2.45, 2.75) is 185 Å². The van der Waals surface area contributed by atoms with E-state index >= 15 is 0 Å². The lowest BCUT2D eigenvalue weighted by Crippen LogP contribution is -2.60. The van der Waals surface area contributed by atoms with Gasteiger partial charge in [0.1, 0.15) is 30.0 Å². The molecule has 18 atom stereocenters. The molecule has 14 nitrogen and oxygen atoms in total. The summed E-state index contributed by atoms with van der Waals surface area (Å²) in [7, 11) is 7.12. The SMILES string of the molecule is CC[C@H]1OC(=O)[C@H](C)[C@@H](O[C@@H]2C[C@](C)(OC)[C@H](O)[C@H](C)O2)[C@H](C)[C@H](O[C@@H]2O[C@H](C)C[C@H](N(C)C)[C@@H]2O)[C@](C)(O)C[C@@H](C)CN(C)[C@H](C)[C@@H](O)[C@]1(C)O. The molecular weight excluding hydrogens is 676 g/mol. The number of aliphatic hydroxyl groups excluding tert-OH is 3. The second kappa shape index (κ2) is 17.8. The molecule has 3 saturated heterocycles. The summed E-state index contributed by atoms with van der Waals surface area (Å²) in [5, 5.41) is 58.1. The molecule has 0 saturated carbocycles. The van der Waals surface area contributed by atoms with Gasteiger partial charge >= 0.3 is 5.97 Å². The summed E-state index contributed by atoms with van der Waals surface area (Å²) >= 11 is 0. The van der Waals surface area contributed by atoms with Crippen molar-refractivity contribution >= 4 is 5.97 Å². The number of hydrogen-bond acceptors (Lipinski definition) is 14. The molecule has 0 bridgehead atoms. The van der Waals surface area contributed by atoms with E-state index in [1.807, 2.05) is 51.7 Å². The Morgan fingerprint density at radius 1 is 0.942 bits per heavy atom. The summed E-state index contributed by atoms with van der Waals surface area (Å²) in [6, 6.07) is -0.808.